The third kappa shape index (κ3) is 1.59. The third-order valence-electron chi connectivity index (χ3n) is 2.77. The summed E-state index contributed by atoms with van der Waals surface area (Å²) in [5.41, 5.74) is 0. The van der Waals surface area contributed by atoms with E-state index in [2.05, 4.69) is 5.32 Å². The molecule has 0 spiro atoms. The number of carbonyl (C=O) groups excluding carboxylic acids is 2. The van der Waals surface area contributed by atoms with Crippen molar-refractivity contribution in [2.45, 2.75) is 31.4 Å². The molecule has 14 heavy (non-hydrogen) atoms. The maximum atomic E-state index is 11.4. The first-order chi connectivity index (χ1) is 6.68. The van der Waals surface area contributed by atoms with Gasteiger partial charge in [-0.2, -0.15) is 0 Å². The van der Waals surface area contributed by atoms with E-state index in [1.165, 1.54) is 4.90 Å². The van der Waals surface area contributed by atoms with E-state index in [4.69, 9.17) is 0 Å². The van der Waals surface area contributed by atoms with Crippen molar-refractivity contribution in [3.8, 4) is 0 Å². The molecule has 2 amide bonds. The Morgan fingerprint density at radius 3 is 2.79 bits per heavy atom. The zero-order valence-electron chi connectivity index (χ0n) is 7.90. The molecule has 2 fully saturated rings. The van der Waals surface area contributed by atoms with Crippen LogP contribution in [0, 0.1) is 0 Å². The fourth-order valence-electron chi connectivity index (χ4n) is 2.07. The number of hydrogen-bond acceptors (Lipinski definition) is 3. The summed E-state index contributed by atoms with van der Waals surface area (Å²) in [5.74, 6) is -0.196. The van der Waals surface area contributed by atoms with E-state index in [-0.39, 0.29) is 24.3 Å². The number of aliphatic hydroxyl groups excluding tert-OH is 1. The molecule has 5 heteroatoms. The van der Waals surface area contributed by atoms with Gasteiger partial charge >= 0.3 is 0 Å². The first kappa shape index (κ1) is 9.45. The van der Waals surface area contributed by atoms with Crippen LogP contribution < -0.4 is 5.32 Å². The quantitative estimate of drug-likeness (QED) is 0.559. The molecule has 2 atom stereocenters. The Morgan fingerprint density at radius 1 is 1.43 bits per heavy atom. The number of hydrogen-bond donors (Lipinski definition) is 2. The number of aliphatic hydroxyl groups is 1. The number of β-amino-alcohol motifs (C(OH)–C–C–N with tert-alkyl or cyclic N) is 1. The zero-order chi connectivity index (χ0) is 10.1. The van der Waals surface area contributed by atoms with Gasteiger partial charge in [0, 0.05) is 13.1 Å². The van der Waals surface area contributed by atoms with Gasteiger partial charge < -0.3 is 15.3 Å². The molecule has 2 saturated heterocycles. The number of amides is 2. The lowest BCUT2D eigenvalue weighted by atomic mass is 10.1. The topological polar surface area (TPSA) is 69.6 Å². The van der Waals surface area contributed by atoms with Gasteiger partial charge in [0.15, 0.2) is 0 Å². The van der Waals surface area contributed by atoms with E-state index in [1.54, 1.807) is 0 Å². The Balaban J connectivity index is 2.06. The highest BCUT2D eigenvalue weighted by Crippen LogP contribution is 2.19. The number of rotatable bonds is 1. The molecule has 0 bridgehead atoms. The predicted molar refractivity (Wildman–Crippen MR) is 48.4 cm³/mol. The lowest BCUT2D eigenvalue weighted by Gasteiger charge is -2.30. The molecular weight excluding hydrogens is 184 g/mol. The second-order valence-electron chi connectivity index (χ2n) is 3.85. The van der Waals surface area contributed by atoms with Crippen LogP contribution in [-0.2, 0) is 9.59 Å². The van der Waals surface area contributed by atoms with Crippen molar-refractivity contribution in [2.75, 3.05) is 13.1 Å². The Labute approximate surface area is 82.1 Å². The molecule has 0 radical (unpaired) electrons. The van der Waals surface area contributed by atoms with Gasteiger partial charge in [-0.15, -0.1) is 0 Å². The molecule has 78 valence electrons. The van der Waals surface area contributed by atoms with Crippen molar-refractivity contribution >= 4 is 11.8 Å². The minimum Gasteiger partial charge on any atom is -0.391 e. The highest BCUT2D eigenvalue weighted by atomic mass is 16.3. The van der Waals surface area contributed by atoms with Crippen LogP contribution in [-0.4, -0.2) is 47.1 Å². The molecule has 2 rings (SSSR count). The highest BCUT2D eigenvalue weighted by molar-refractivity contribution is 5.89. The lowest BCUT2D eigenvalue weighted by molar-refractivity contribution is -0.138. The molecule has 0 aromatic heterocycles. The minimum absolute atomic E-state index is 0.0845. The molecule has 2 aliphatic rings. The van der Waals surface area contributed by atoms with Gasteiger partial charge in [0.1, 0.15) is 6.04 Å². The molecule has 2 heterocycles. The largest absolute Gasteiger partial charge is 0.391 e. The van der Waals surface area contributed by atoms with Crippen LogP contribution in [0.3, 0.4) is 0 Å². The van der Waals surface area contributed by atoms with Crippen LogP contribution in [0.4, 0.5) is 0 Å². The molecule has 0 aromatic carbocycles. The summed E-state index contributed by atoms with van der Waals surface area (Å²) in [4.78, 5) is 24.4. The molecule has 2 N–H and O–H groups in total. The first-order valence-electron chi connectivity index (χ1n) is 4.94. The predicted octanol–water partition coefficient (Wildman–Crippen LogP) is -1.14. The van der Waals surface area contributed by atoms with Gasteiger partial charge in [-0.05, 0) is 12.8 Å². The van der Waals surface area contributed by atoms with Gasteiger partial charge in [-0.3, -0.25) is 9.59 Å². The van der Waals surface area contributed by atoms with Crippen LogP contribution >= 0.6 is 0 Å². The van der Waals surface area contributed by atoms with Crippen molar-refractivity contribution in [1.29, 1.82) is 0 Å². The van der Waals surface area contributed by atoms with E-state index in [1.807, 2.05) is 0 Å². The zero-order valence-corrected chi connectivity index (χ0v) is 7.90. The fourth-order valence-corrected chi connectivity index (χ4v) is 2.07. The molecular formula is C9H14N2O3. The van der Waals surface area contributed by atoms with Crippen molar-refractivity contribution in [1.82, 2.24) is 10.2 Å². The normalized spacial score (nSPS) is 33.4. The van der Waals surface area contributed by atoms with Gasteiger partial charge in [-0.25, -0.2) is 0 Å². The van der Waals surface area contributed by atoms with E-state index >= 15 is 0 Å². The monoisotopic (exact) mass is 198 g/mol. The number of likely N-dealkylation sites (tertiary alicyclic amines) is 1. The van der Waals surface area contributed by atoms with E-state index in [0.717, 1.165) is 6.42 Å². The number of carbonyl (C=O) groups is 2. The average molecular weight is 198 g/mol. The van der Waals surface area contributed by atoms with Crippen molar-refractivity contribution in [2.24, 2.45) is 0 Å². The molecule has 0 aromatic rings. The molecule has 2 unspecified atom stereocenters. The summed E-state index contributed by atoms with van der Waals surface area (Å²) in [6.07, 6.45) is 1.17. The standard InChI is InChI=1S/C9H14N2O3/c12-6-4-8(13)11(5-6)7-2-1-3-10-9(7)14/h6-7,12H,1-5H2,(H,10,14). The van der Waals surface area contributed by atoms with Crippen LogP contribution in [0.25, 0.3) is 0 Å². The fraction of sp³-hybridized carbons (Fsp3) is 0.778. The van der Waals surface area contributed by atoms with Crippen molar-refractivity contribution in [3.05, 3.63) is 0 Å². The maximum Gasteiger partial charge on any atom is 0.242 e. The second-order valence-corrected chi connectivity index (χ2v) is 3.85. The maximum absolute atomic E-state index is 11.4. The van der Waals surface area contributed by atoms with Crippen LogP contribution in [0.5, 0.6) is 0 Å². The summed E-state index contributed by atoms with van der Waals surface area (Å²) < 4.78 is 0. The molecule has 0 saturated carbocycles. The summed E-state index contributed by atoms with van der Waals surface area (Å²) in [6.45, 7) is 0.997. The highest BCUT2D eigenvalue weighted by Gasteiger charge is 2.37. The Bertz CT molecular complexity index is 259. The van der Waals surface area contributed by atoms with Gasteiger partial charge in [0.25, 0.3) is 0 Å². The van der Waals surface area contributed by atoms with Crippen LogP contribution in [0.1, 0.15) is 19.3 Å². The molecule has 2 aliphatic heterocycles. The third-order valence-corrected chi connectivity index (χ3v) is 2.77. The number of piperidine rings is 1. The summed E-state index contributed by atoms with van der Waals surface area (Å²) in [7, 11) is 0. The van der Waals surface area contributed by atoms with E-state index < -0.39 is 6.10 Å². The smallest absolute Gasteiger partial charge is 0.242 e. The van der Waals surface area contributed by atoms with Crippen molar-refractivity contribution < 1.29 is 14.7 Å². The summed E-state index contributed by atoms with van der Waals surface area (Å²) in [5, 5.41) is 12.0. The van der Waals surface area contributed by atoms with Crippen molar-refractivity contribution in [3.63, 3.8) is 0 Å². The lowest BCUT2D eigenvalue weighted by Crippen LogP contribution is -2.51. The first-order valence-corrected chi connectivity index (χ1v) is 4.94. The number of nitrogens with zero attached hydrogens (tertiary/aromatic N) is 1. The van der Waals surface area contributed by atoms with Crippen LogP contribution in [0.2, 0.25) is 0 Å². The SMILES string of the molecule is O=C1NCCCC1N1CC(O)CC1=O. The summed E-state index contributed by atoms with van der Waals surface area (Å²) >= 11 is 0. The molecule has 0 aliphatic carbocycles. The second kappa shape index (κ2) is 3.57. The average Bonchev–Trinajstić information content (AvgIpc) is 2.46. The molecule has 5 nitrogen and oxygen atoms in total. The van der Waals surface area contributed by atoms with Gasteiger partial charge in [0.05, 0.1) is 12.5 Å². The van der Waals surface area contributed by atoms with Crippen LogP contribution in [0.15, 0.2) is 0 Å². The van der Waals surface area contributed by atoms with E-state index in [9.17, 15) is 14.7 Å². The van der Waals surface area contributed by atoms with E-state index in [0.29, 0.717) is 19.5 Å². The summed E-state index contributed by atoms with van der Waals surface area (Å²) in [6, 6.07) is -0.353. The minimum atomic E-state index is -0.600. The Morgan fingerprint density at radius 2 is 2.21 bits per heavy atom. The Hall–Kier alpha value is -1.10. The Kier molecular flexibility index (Phi) is 2.41. The van der Waals surface area contributed by atoms with Gasteiger partial charge in [0.2, 0.25) is 11.8 Å². The van der Waals surface area contributed by atoms with Gasteiger partial charge in [-0.1, -0.05) is 0 Å². The number of nitrogens with one attached hydrogen (secondary N) is 1.